The van der Waals surface area contributed by atoms with E-state index in [1.165, 1.54) is 18.5 Å². The third-order valence-electron chi connectivity index (χ3n) is 5.23. The molecule has 1 fully saturated rings. The predicted molar refractivity (Wildman–Crippen MR) is 112 cm³/mol. The molecule has 0 spiro atoms. The number of nitrogens with two attached hydrogens (primary N) is 1. The Morgan fingerprint density at radius 1 is 1.26 bits per heavy atom. The Hall–Kier alpha value is -1.59. The maximum atomic E-state index is 6.49. The van der Waals surface area contributed by atoms with Crippen LogP contribution in [0, 0.1) is 5.92 Å². The number of halogens is 2. The highest BCUT2D eigenvalue weighted by atomic mass is 35.5. The Balaban J connectivity index is 1.84. The first-order chi connectivity index (χ1) is 13.1. The molecule has 27 heavy (non-hydrogen) atoms. The number of rotatable bonds is 7. The highest BCUT2D eigenvalue weighted by Gasteiger charge is 2.33. The molecule has 2 aromatic heterocycles. The summed E-state index contributed by atoms with van der Waals surface area (Å²) in [5.74, 6) is 0.688. The van der Waals surface area contributed by atoms with Crippen molar-refractivity contribution < 1.29 is 0 Å². The number of pyridine rings is 1. The normalized spacial score (nSPS) is 15.4. The summed E-state index contributed by atoms with van der Waals surface area (Å²) in [6.07, 6.45) is 7.77. The second kappa shape index (κ2) is 7.80. The summed E-state index contributed by atoms with van der Waals surface area (Å²) < 4.78 is 2.19. The molecule has 0 radical (unpaired) electrons. The van der Waals surface area contributed by atoms with Gasteiger partial charge in [-0.25, -0.2) is 4.98 Å². The zero-order chi connectivity index (χ0) is 19.0. The monoisotopic (exact) mass is 402 g/mol. The molecule has 3 aromatic rings. The number of nitrogens with zero attached hydrogens (tertiary/aromatic N) is 2. The summed E-state index contributed by atoms with van der Waals surface area (Å²) in [5.41, 5.74) is 11.1. The van der Waals surface area contributed by atoms with E-state index in [-0.39, 0.29) is 0 Å². The molecule has 142 valence electrons. The van der Waals surface area contributed by atoms with Crippen LogP contribution in [0.1, 0.15) is 43.5 Å². The van der Waals surface area contributed by atoms with Crippen molar-refractivity contribution in [3.05, 3.63) is 58.0 Å². The molecule has 0 bridgehead atoms. The van der Waals surface area contributed by atoms with Gasteiger partial charge in [-0.2, -0.15) is 0 Å². The zero-order valence-corrected chi connectivity index (χ0v) is 16.9. The maximum absolute atomic E-state index is 6.49. The average Bonchev–Trinajstić information content (AvgIpc) is 3.42. The van der Waals surface area contributed by atoms with Crippen molar-refractivity contribution in [1.29, 1.82) is 0 Å². The fraction of sp³-hybridized carbons (Fsp3) is 0.381. The van der Waals surface area contributed by atoms with E-state index in [0.29, 0.717) is 28.5 Å². The average molecular weight is 403 g/mol. The number of benzene rings is 1. The summed E-state index contributed by atoms with van der Waals surface area (Å²) in [4.78, 5) is 4.65. The van der Waals surface area contributed by atoms with Gasteiger partial charge in [0.1, 0.15) is 5.65 Å². The van der Waals surface area contributed by atoms with E-state index in [9.17, 15) is 0 Å². The van der Waals surface area contributed by atoms with E-state index >= 15 is 0 Å². The zero-order valence-electron chi connectivity index (χ0n) is 15.4. The van der Waals surface area contributed by atoms with Crippen LogP contribution in [0.3, 0.4) is 0 Å². The van der Waals surface area contributed by atoms with Gasteiger partial charge in [0.2, 0.25) is 0 Å². The van der Waals surface area contributed by atoms with Crippen LogP contribution >= 0.6 is 23.2 Å². The van der Waals surface area contributed by atoms with Crippen molar-refractivity contribution in [2.45, 2.75) is 38.8 Å². The summed E-state index contributed by atoms with van der Waals surface area (Å²) in [6, 6.07) is 7.98. The number of nitrogens with one attached hydrogen (secondary N) is 1. The number of hydrogen-bond acceptors (Lipinski definition) is 3. The molecule has 0 amide bonds. The van der Waals surface area contributed by atoms with Gasteiger partial charge in [-0.1, -0.05) is 36.2 Å². The molecule has 0 aliphatic heterocycles. The number of imidazole rings is 1. The van der Waals surface area contributed by atoms with E-state index in [0.717, 1.165) is 35.3 Å². The summed E-state index contributed by atoms with van der Waals surface area (Å²) in [7, 11) is 0. The number of aromatic nitrogens is 2. The lowest BCUT2D eigenvalue weighted by molar-refractivity contribution is 0.468. The van der Waals surface area contributed by atoms with Gasteiger partial charge in [0.15, 0.2) is 0 Å². The van der Waals surface area contributed by atoms with Crippen molar-refractivity contribution in [2.75, 3.05) is 6.54 Å². The van der Waals surface area contributed by atoms with Crippen LogP contribution in [0.5, 0.6) is 0 Å². The molecule has 1 atom stereocenters. The van der Waals surface area contributed by atoms with Gasteiger partial charge in [0, 0.05) is 33.9 Å². The molecular weight excluding hydrogens is 379 g/mol. The molecule has 1 aliphatic carbocycles. The molecule has 1 unspecified atom stereocenters. The lowest BCUT2D eigenvalue weighted by Crippen LogP contribution is -2.25. The molecule has 1 saturated carbocycles. The van der Waals surface area contributed by atoms with Crippen molar-refractivity contribution in [1.82, 2.24) is 14.7 Å². The van der Waals surface area contributed by atoms with Crippen molar-refractivity contribution in [3.63, 3.8) is 0 Å². The second-order valence-corrected chi connectivity index (χ2v) is 8.06. The topological polar surface area (TPSA) is 55.3 Å². The summed E-state index contributed by atoms with van der Waals surface area (Å²) in [6.45, 7) is 3.62. The van der Waals surface area contributed by atoms with Gasteiger partial charge in [-0.15, -0.1) is 0 Å². The van der Waals surface area contributed by atoms with E-state index in [4.69, 9.17) is 28.9 Å². The van der Waals surface area contributed by atoms with Crippen LogP contribution in [-0.2, 0) is 6.54 Å². The minimum atomic E-state index is 0.331. The Bertz CT molecular complexity index is 962. The van der Waals surface area contributed by atoms with Crippen molar-refractivity contribution in [2.24, 2.45) is 11.7 Å². The van der Waals surface area contributed by atoms with Gasteiger partial charge < -0.3 is 15.5 Å². The van der Waals surface area contributed by atoms with E-state index in [2.05, 4.69) is 33.9 Å². The van der Waals surface area contributed by atoms with Gasteiger partial charge in [-0.05, 0) is 55.5 Å². The summed E-state index contributed by atoms with van der Waals surface area (Å²) in [5, 5.41) is 4.95. The molecule has 4 nitrogen and oxygen atoms in total. The maximum Gasteiger partial charge on any atom is 0.137 e. The lowest BCUT2D eigenvalue weighted by atomic mass is 10.0. The molecule has 2 heterocycles. The highest BCUT2D eigenvalue weighted by Crippen LogP contribution is 2.41. The first-order valence-corrected chi connectivity index (χ1v) is 10.3. The largest absolute Gasteiger partial charge is 0.326 e. The third-order valence-corrected chi connectivity index (χ3v) is 5.78. The minimum absolute atomic E-state index is 0.331. The van der Waals surface area contributed by atoms with Crippen LogP contribution in [-0.4, -0.2) is 15.9 Å². The lowest BCUT2D eigenvalue weighted by Gasteiger charge is -2.19. The van der Waals surface area contributed by atoms with Gasteiger partial charge in [0.25, 0.3) is 0 Å². The smallest absolute Gasteiger partial charge is 0.137 e. The summed E-state index contributed by atoms with van der Waals surface area (Å²) >= 11 is 12.6. The van der Waals surface area contributed by atoms with Crippen LogP contribution < -0.4 is 11.1 Å². The van der Waals surface area contributed by atoms with Crippen LogP contribution in [0.15, 0.2) is 36.7 Å². The molecule has 0 saturated heterocycles. The standard InChI is InChI=1S/C21H24Cl2N4/c1-2-7-25-21(13-3-4-13)19-11-26-20-8-14(10-24)17(12-27(19)20)16-6-5-15(22)9-18(16)23/h5-6,8-9,11-13,21,25H,2-4,7,10,24H2,1H3. The van der Waals surface area contributed by atoms with E-state index < -0.39 is 0 Å². The Morgan fingerprint density at radius 3 is 2.74 bits per heavy atom. The first kappa shape index (κ1) is 18.8. The molecule has 1 aliphatic rings. The third kappa shape index (κ3) is 3.72. The molecule has 3 N–H and O–H groups in total. The first-order valence-electron chi connectivity index (χ1n) is 9.51. The van der Waals surface area contributed by atoms with Crippen LogP contribution in [0.2, 0.25) is 10.0 Å². The molecule has 1 aromatic carbocycles. The Kier molecular flexibility index (Phi) is 5.42. The van der Waals surface area contributed by atoms with E-state index in [1.54, 1.807) is 6.07 Å². The van der Waals surface area contributed by atoms with Crippen molar-refractivity contribution >= 4 is 28.8 Å². The quantitative estimate of drug-likeness (QED) is 0.569. The highest BCUT2D eigenvalue weighted by molar-refractivity contribution is 6.36. The second-order valence-electron chi connectivity index (χ2n) is 7.22. The van der Waals surface area contributed by atoms with Crippen molar-refractivity contribution in [3.8, 4) is 11.1 Å². The Morgan fingerprint density at radius 2 is 2.07 bits per heavy atom. The molecule has 4 rings (SSSR count). The number of fused-ring (bicyclic) bond motifs is 1. The minimum Gasteiger partial charge on any atom is -0.326 e. The van der Waals surface area contributed by atoms with E-state index in [1.807, 2.05) is 18.3 Å². The molecular formula is C21H24Cl2N4. The number of hydrogen-bond donors (Lipinski definition) is 2. The van der Waals surface area contributed by atoms with Crippen LogP contribution in [0.25, 0.3) is 16.8 Å². The predicted octanol–water partition coefficient (Wildman–Crippen LogP) is 5.22. The fourth-order valence-electron chi connectivity index (χ4n) is 3.67. The Labute approximate surface area is 169 Å². The molecule has 6 heteroatoms. The van der Waals surface area contributed by atoms with Gasteiger partial charge in [-0.3, -0.25) is 0 Å². The van der Waals surface area contributed by atoms with Crippen LogP contribution in [0.4, 0.5) is 0 Å². The van der Waals surface area contributed by atoms with Gasteiger partial charge in [0.05, 0.1) is 17.9 Å². The van der Waals surface area contributed by atoms with Gasteiger partial charge >= 0.3 is 0 Å². The fourth-order valence-corrected chi connectivity index (χ4v) is 4.18. The SMILES string of the molecule is CCCNC(c1cnc2cc(CN)c(-c3ccc(Cl)cc3Cl)cn12)C1CC1.